The first-order valence-corrected chi connectivity index (χ1v) is 12.6. The predicted molar refractivity (Wildman–Crippen MR) is 118 cm³/mol. The predicted octanol–water partition coefficient (Wildman–Crippen LogP) is 2.38. The maximum Gasteiger partial charge on any atom is 0.247 e. The Morgan fingerprint density at radius 1 is 1.16 bits per heavy atom. The van der Waals surface area contributed by atoms with Crippen LogP contribution in [0.5, 0.6) is 0 Å². The number of sulfonamides is 1. The molecule has 0 spiro atoms. The number of thioether (sulfide) groups is 1. The Hall–Kier alpha value is -2.43. The van der Waals surface area contributed by atoms with E-state index in [0.29, 0.717) is 29.4 Å². The fourth-order valence-electron chi connectivity index (χ4n) is 3.63. The third-order valence-electron chi connectivity index (χ3n) is 5.31. The summed E-state index contributed by atoms with van der Waals surface area (Å²) < 4.78 is 27.8. The molecule has 0 saturated carbocycles. The van der Waals surface area contributed by atoms with Gasteiger partial charge < -0.3 is 10.2 Å². The second-order valence-electron chi connectivity index (χ2n) is 7.53. The van der Waals surface area contributed by atoms with Crippen molar-refractivity contribution in [2.75, 3.05) is 18.4 Å². The molecule has 0 unspecified atom stereocenters. The summed E-state index contributed by atoms with van der Waals surface area (Å²) in [6.07, 6.45) is 5.70. The van der Waals surface area contributed by atoms with Gasteiger partial charge in [-0.15, -0.1) is 11.8 Å². The van der Waals surface area contributed by atoms with Gasteiger partial charge in [-0.25, -0.2) is 13.1 Å². The van der Waals surface area contributed by atoms with Gasteiger partial charge in [0.15, 0.2) is 5.25 Å². The molecule has 2 aliphatic heterocycles. The number of fused-ring (bicyclic) bond motifs is 1. The van der Waals surface area contributed by atoms with Crippen LogP contribution < -0.4 is 10.0 Å². The van der Waals surface area contributed by atoms with E-state index in [2.05, 4.69) is 15.0 Å². The van der Waals surface area contributed by atoms with Gasteiger partial charge in [-0.2, -0.15) is 0 Å². The van der Waals surface area contributed by atoms with E-state index in [1.807, 2.05) is 0 Å². The highest BCUT2D eigenvalue weighted by atomic mass is 32.2. The number of hydrogen-bond donors (Lipinski definition) is 2. The van der Waals surface area contributed by atoms with Crippen molar-refractivity contribution < 1.29 is 18.0 Å². The van der Waals surface area contributed by atoms with E-state index >= 15 is 0 Å². The molecule has 4 rings (SSSR count). The average molecular weight is 461 g/mol. The van der Waals surface area contributed by atoms with Crippen LogP contribution in [0.4, 0.5) is 5.69 Å². The first-order chi connectivity index (χ1) is 14.9. The number of anilines is 1. The van der Waals surface area contributed by atoms with E-state index < -0.39 is 21.2 Å². The molecule has 2 aromatic rings. The molecule has 2 aliphatic rings. The van der Waals surface area contributed by atoms with Gasteiger partial charge >= 0.3 is 0 Å². The van der Waals surface area contributed by atoms with Crippen LogP contribution in [0, 0.1) is 0 Å². The first-order valence-electron chi connectivity index (χ1n) is 10.2. The lowest BCUT2D eigenvalue weighted by molar-refractivity contribution is -0.133. The second-order valence-corrected chi connectivity index (χ2v) is 10.4. The molecule has 1 aromatic carbocycles. The SMILES string of the molecule is O=C1Nc2cc(S(=O)(=O)NCc3ccccn3)ccc2S[C@@H]1C(=O)N1CCCCCC1. The van der Waals surface area contributed by atoms with E-state index in [1.165, 1.54) is 23.9 Å². The minimum absolute atomic E-state index is 0.0420. The number of pyridine rings is 1. The van der Waals surface area contributed by atoms with E-state index in [0.717, 1.165) is 25.7 Å². The van der Waals surface area contributed by atoms with Crippen LogP contribution in [0.25, 0.3) is 0 Å². The molecule has 8 nitrogen and oxygen atoms in total. The molecular formula is C21H24N4O4S2. The summed E-state index contributed by atoms with van der Waals surface area (Å²) in [5.41, 5.74) is 0.999. The fraction of sp³-hybridized carbons (Fsp3) is 0.381. The minimum atomic E-state index is -3.79. The van der Waals surface area contributed by atoms with Crippen LogP contribution in [-0.2, 0) is 26.2 Å². The summed E-state index contributed by atoms with van der Waals surface area (Å²) in [5.74, 6) is -0.591. The molecule has 1 saturated heterocycles. The van der Waals surface area contributed by atoms with Gasteiger partial charge in [0, 0.05) is 24.2 Å². The lowest BCUT2D eigenvalue weighted by atomic mass is 10.2. The molecule has 0 aliphatic carbocycles. The highest BCUT2D eigenvalue weighted by Crippen LogP contribution is 2.38. The highest BCUT2D eigenvalue weighted by Gasteiger charge is 2.36. The number of carbonyl (C=O) groups excluding carboxylic acids is 2. The molecule has 1 aromatic heterocycles. The molecule has 10 heteroatoms. The molecular weight excluding hydrogens is 436 g/mol. The zero-order chi connectivity index (χ0) is 21.8. The number of nitrogens with zero attached hydrogens (tertiary/aromatic N) is 2. The molecule has 2 amide bonds. The monoisotopic (exact) mass is 460 g/mol. The smallest absolute Gasteiger partial charge is 0.247 e. The molecule has 1 atom stereocenters. The topological polar surface area (TPSA) is 108 Å². The molecule has 31 heavy (non-hydrogen) atoms. The van der Waals surface area contributed by atoms with Crippen molar-refractivity contribution in [1.29, 1.82) is 0 Å². The van der Waals surface area contributed by atoms with Crippen molar-refractivity contribution in [2.24, 2.45) is 0 Å². The number of nitrogens with one attached hydrogen (secondary N) is 2. The number of rotatable bonds is 5. The lowest BCUT2D eigenvalue weighted by Gasteiger charge is -2.28. The van der Waals surface area contributed by atoms with Crippen LogP contribution in [0.1, 0.15) is 31.4 Å². The molecule has 2 N–H and O–H groups in total. The summed E-state index contributed by atoms with van der Waals surface area (Å²) in [6.45, 7) is 1.41. The summed E-state index contributed by atoms with van der Waals surface area (Å²) in [6, 6.07) is 9.81. The van der Waals surface area contributed by atoms with Crippen molar-refractivity contribution >= 4 is 39.3 Å². The number of hydrogen-bond acceptors (Lipinski definition) is 6. The van der Waals surface area contributed by atoms with Crippen LogP contribution in [0.15, 0.2) is 52.4 Å². The minimum Gasteiger partial charge on any atom is -0.341 e. The second kappa shape index (κ2) is 9.37. The normalized spacial score (nSPS) is 19.3. The largest absolute Gasteiger partial charge is 0.341 e. The van der Waals surface area contributed by atoms with Gasteiger partial charge in [-0.3, -0.25) is 14.6 Å². The van der Waals surface area contributed by atoms with Gasteiger partial charge in [-0.05, 0) is 43.2 Å². The van der Waals surface area contributed by atoms with E-state index in [1.54, 1.807) is 35.4 Å². The van der Waals surface area contributed by atoms with E-state index in [9.17, 15) is 18.0 Å². The zero-order valence-corrected chi connectivity index (χ0v) is 18.5. The average Bonchev–Trinajstić information content (AvgIpc) is 3.07. The van der Waals surface area contributed by atoms with Gasteiger partial charge in [0.1, 0.15) is 0 Å². The maximum atomic E-state index is 12.9. The van der Waals surface area contributed by atoms with Crippen molar-refractivity contribution in [2.45, 2.75) is 47.3 Å². The van der Waals surface area contributed by atoms with E-state index in [4.69, 9.17) is 0 Å². The highest BCUT2D eigenvalue weighted by molar-refractivity contribution is 8.01. The van der Waals surface area contributed by atoms with Gasteiger partial charge in [0.05, 0.1) is 22.8 Å². The Kier molecular flexibility index (Phi) is 6.59. The Balaban J connectivity index is 1.48. The number of aromatic nitrogens is 1. The van der Waals surface area contributed by atoms with Crippen LogP contribution in [0.2, 0.25) is 0 Å². The van der Waals surface area contributed by atoms with Crippen molar-refractivity contribution in [3.05, 3.63) is 48.3 Å². The molecule has 0 radical (unpaired) electrons. The Bertz CT molecular complexity index is 1070. The maximum absolute atomic E-state index is 12.9. The fourth-order valence-corrected chi connectivity index (χ4v) is 5.71. The Morgan fingerprint density at radius 3 is 2.65 bits per heavy atom. The summed E-state index contributed by atoms with van der Waals surface area (Å²) >= 11 is 1.17. The lowest BCUT2D eigenvalue weighted by Crippen LogP contribution is -2.45. The first kappa shape index (κ1) is 21.8. The van der Waals surface area contributed by atoms with Gasteiger partial charge in [-0.1, -0.05) is 18.9 Å². The van der Waals surface area contributed by atoms with Crippen molar-refractivity contribution in [1.82, 2.24) is 14.6 Å². The number of benzene rings is 1. The molecule has 3 heterocycles. The third kappa shape index (κ3) is 5.08. The molecule has 164 valence electrons. The number of carbonyl (C=O) groups is 2. The van der Waals surface area contributed by atoms with Crippen molar-refractivity contribution in [3.8, 4) is 0 Å². The van der Waals surface area contributed by atoms with Crippen LogP contribution >= 0.6 is 11.8 Å². The third-order valence-corrected chi connectivity index (χ3v) is 7.97. The van der Waals surface area contributed by atoms with E-state index in [-0.39, 0.29) is 17.3 Å². The summed E-state index contributed by atoms with van der Waals surface area (Å²) in [4.78, 5) is 32.1. The number of likely N-dealkylation sites (tertiary alicyclic amines) is 1. The van der Waals surface area contributed by atoms with Gasteiger partial charge in [0.25, 0.3) is 0 Å². The quantitative estimate of drug-likeness (QED) is 0.663. The summed E-state index contributed by atoms with van der Waals surface area (Å²) in [5, 5.41) is 1.87. The molecule has 1 fully saturated rings. The van der Waals surface area contributed by atoms with Crippen molar-refractivity contribution in [3.63, 3.8) is 0 Å². The van der Waals surface area contributed by atoms with Crippen LogP contribution in [0.3, 0.4) is 0 Å². The summed E-state index contributed by atoms with van der Waals surface area (Å²) in [7, 11) is -3.79. The standard InChI is InChI=1S/C21H24N4O4S2/c26-20-19(21(27)25-11-5-1-2-6-12-25)30-18-9-8-16(13-17(18)24-20)31(28,29)23-14-15-7-3-4-10-22-15/h3-4,7-10,13,19,23H,1-2,5-6,11-12,14H2,(H,24,26)/t19-/m0/s1. The Morgan fingerprint density at radius 2 is 1.94 bits per heavy atom. The number of amides is 2. The van der Waals surface area contributed by atoms with Crippen LogP contribution in [-0.4, -0.2) is 48.5 Å². The molecule has 0 bridgehead atoms. The van der Waals surface area contributed by atoms with Gasteiger partial charge in [0.2, 0.25) is 21.8 Å². The zero-order valence-electron chi connectivity index (χ0n) is 16.9. The Labute approximate surface area is 185 Å².